The second-order valence-corrected chi connectivity index (χ2v) is 5.01. The molecule has 0 saturated carbocycles. The van der Waals surface area contributed by atoms with Crippen LogP contribution in [0.4, 0.5) is 5.69 Å². The first-order chi connectivity index (χ1) is 9.49. The molecular weight excluding hydrogens is 307 g/mol. The van der Waals surface area contributed by atoms with Gasteiger partial charge in [0.2, 0.25) is 0 Å². The minimum absolute atomic E-state index is 0.0164. The van der Waals surface area contributed by atoms with Gasteiger partial charge in [-0.2, -0.15) is 0 Å². The van der Waals surface area contributed by atoms with Crippen LogP contribution in [0.1, 0.15) is 10.4 Å². The van der Waals surface area contributed by atoms with Gasteiger partial charge in [-0.1, -0.05) is 23.2 Å². The van der Waals surface area contributed by atoms with Gasteiger partial charge >= 0.3 is 5.97 Å². The molecular formula is C12H12Cl2N2O4. The molecule has 1 saturated heterocycles. The number of carbonyl (C=O) groups excluding carboxylic acids is 1. The topological polar surface area (TPSA) is 87.7 Å². The lowest BCUT2D eigenvalue weighted by molar-refractivity contribution is -0.128. The smallest absolute Gasteiger partial charge is 0.337 e. The molecule has 6 nitrogen and oxygen atoms in total. The molecule has 1 unspecified atom stereocenters. The quantitative estimate of drug-likeness (QED) is 0.788. The van der Waals surface area contributed by atoms with Gasteiger partial charge < -0.3 is 20.5 Å². The molecule has 1 aliphatic rings. The van der Waals surface area contributed by atoms with Crippen molar-refractivity contribution >= 4 is 40.8 Å². The van der Waals surface area contributed by atoms with Crippen molar-refractivity contribution in [3.63, 3.8) is 0 Å². The molecule has 1 aromatic carbocycles. The maximum atomic E-state index is 12.0. The van der Waals surface area contributed by atoms with Crippen molar-refractivity contribution in [1.82, 2.24) is 5.32 Å². The van der Waals surface area contributed by atoms with Gasteiger partial charge in [-0.3, -0.25) is 4.79 Å². The number of aromatic carboxylic acids is 1. The van der Waals surface area contributed by atoms with Crippen LogP contribution < -0.4 is 10.6 Å². The Hall–Kier alpha value is -1.34. The molecule has 20 heavy (non-hydrogen) atoms. The van der Waals surface area contributed by atoms with Gasteiger partial charge in [-0.05, 0) is 12.1 Å². The van der Waals surface area contributed by atoms with Crippen LogP contribution in [0.5, 0.6) is 0 Å². The number of amides is 1. The van der Waals surface area contributed by atoms with E-state index in [4.69, 9.17) is 33.0 Å². The third kappa shape index (κ3) is 3.40. The highest BCUT2D eigenvalue weighted by molar-refractivity contribution is 6.37. The van der Waals surface area contributed by atoms with Crippen molar-refractivity contribution < 1.29 is 19.4 Å². The lowest BCUT2D eigenvalue weighted by Gasteiger charge is -2.23. The first-order valence-electron chi connectivity index (χ1n) is 5.84. The normalized spacial score (nSPS) is 18.6. The van der Waals surface area contributed by atoms with Crippen LogP contribution in [-0.4, -0.2) is 42.8 Å². The van der Waals surface area contributed by atoms with Crippen LogP contribution in [0.2, 0.25) is 10.0 Å². The van der Waals surface area contributed by atoms with E-state index in [9.17, 15) is 9.59 Å². The van der Waals surface area contributed by atoms with Gasteiger partial charge in [0.05, 0.1) is 22.9 Å². The number of hydrogen-bond acceptors (Lipinski definition) is 4. The fourth-order valence-electron chi connectivity index (χ4n) is 1.81. The van der Waals surface area contributed by atoms with Crippen LogP contribution >= 0.6 is 23.2 Å². The fraction of sp³-hybridized carbons (Fsp3) is 0.333. The van der Waals surface area contributed by atoms with Crippen LogP contribution in [-0.2, 0) is 9.53 Å². The highest BCUT2D eigenvalue weighted by Gasteiger charge is 2.24. The maximum absolute atomic E-state index is 12.0. The van der Waals surface area contributed by atoms with Crippen molar-refractivity contribution in [2.45, 2.75) is 6.10 Å². The van der Waals surface area contributed by atoms with Gasteiger partial charge in [-0.15, -0.1) is 0 Å². The van der Waals surface area contributed by atoms with E-state index in [1.807, 2.05) is 0 Å². The standard InChI is InChI=1S/C12H12Cl2N2O4/c13-6-3-7(12(18)19)10(8(14)4-6)16-11(17)9-5-15-1-2-20-9/h3-4,9,15H,1-2,5H2,(H,16,17)(H,18,19). The predicted molar refractivity (Wildman–Crippen MR) is 74.7 cm³/mol. The molecule has 3 N–H and O–H groups in total. The summed E-state index contributed by atoms with van der Waals surface area (Å²) in [4.78, 5) is 23.2. The molecule has 0 aromatic heterocycles. The van der Waals surface area contributed by atoms with Gasteiger partial charge in [0.15, 0.2) is 0 Å². The Morgan fingerprint density at radius 1 is 1.40 bits per heavy atom. The van der Waals surface area contributed by atoms with Gasteiger partial charge in [0.25, 0.3) is 5.91 Å². The number of nitrogens with one attached hydrogen (secondary N) is 2. The van der Waals surface area contributed by atoms with E-state index in [0.29, 0.717) is 19.7 Å². The Labute approximate surface area is 125 Å². The molecule has 0 spiro atoms. The zero-order valence-electron chi connectivity index (χ0n) is 10.3. The first kappa shape index (κ1) is 15.1. The van der Waals surface area contributed by atoms with Crippen molar-refractivity contribution in [1.29, 1.82) is 0 Å². The average molecular weight is 319 g/mol. The van der Waals surface area contributed by atoms with Crippen LogP contribution in [0.25, 0.3) is 0 Å². The number of hydrogen-bond donors (Lipinski definition) is 3. The summed E-state index contributed by atoms with van der Waals surface area (Å²) >= 11 is 11.7. The summed E-state index contributed by atoms with van der Waals surface area (Å²) < 4.78 is 5.28. The van der Waals surface area contributed by atoms with Crippen molar-refractivity contribution in [3.05, 3.63) is 27.7 Å². The molecule has 1 fully saturated rings. The Balaban J connectivity index is 2.23. The summed E-state index contributed by atoms with van der Waals surface area (Å²) in [5.74, 6) is -1.68. The van der Waals surface area contributed by atoms with Crippen molar-refractivity contribution in [2.24, 2.45) is 0 Å². The third-order valence-electron chi connectivity index (χ3n) is 2.75. The highest BCUT2D eigenvalue weighted by atomic mass is 35.5. The summed E-state index contributed by atoms with van der Waals surface area (Å²) in [6.07, 6.45) is -0.683. The van der Waals surface area contributed by atoms with E-state index in [1.54, 1.807) is 0 Å². The molecule has 1 amide bonds. The van der Waals surface area contributed by atoms with Crippen molar-refractivity contribution in [3.8, 4) is 0 Å². The monoisotopic (exact) mass is 318 g/mol. The zero-order chi connectivity index (χ0) is 14.7. The molecule has 1 heterocycles. The third-order valence-corrected chi connectivity index (χ3v) is 3.27. The number of morpholine rings is 1. The summed E-state index contributed by atoms with van der Waals surface area (Å²) in [5, 5.41) is 14.9. The van der Waals surface area contributed by atoms with Crippen LogP contribution in [0.3, 0.4) is 0 Å². The summed E-state index contributed by atoms with van der Waals surface area (Å²) in [6.45, 7) is 1.45. The van der Waals surface area contributed by atoms with E-state index in [1.165, 1.54) is 12.1 Å². The molecule has 0 radical (unpaired) electrons. The molecule has 8 heteroatoms. The van der Waals surface area contributed by atoms with Crippen LogP contribution in [0.15, 0.2) is 12.1 Å². The number of carbonyl (C=O) groups is 2. The van der Waals surface area contributed by atoms with Gasteiger partial charge in [-0.25, -0.2) is 4.79 Å². The lowest BCUT2D eigenvalue weighted by atomic mass is 10.1. The number of halogens is 2. The fourth-order valence-corrected chi connectivity index (χ4v) is 2.35. The first-order valence-corrected chi connectivity index (χ1v) is 6.60. The summed E-state index contributed by atoms with van der Waals surface area (Å²) in [6, 6.07) is 2.59. The number of carboxylic acid groups (broad SMARTS) is 1. The van der Waals surface area contributed by atoms with Crippen molar-refractivity contribution in [2.75, 3.05) is 25.0 Å². The predicted octanol–water partition coefficient (Wildman–Crippen LogP) is 1.62. The largest absolute Gasteiger partial charge is 0.478 e. The van der Waals surface area contributed by atoms with E-state index >= 15 is 0 Å². The summed E-state index contributed by atoms with van der Waals surface area (Å²) in [5.41, 5.74) is -0.151. The van der Waals surface area contributed by atoms with E-state index < -0.39 is 18.0 Å². The minimum Gasteiger partial charge on any atom is -0.478 e. The number of ether oxygens (including phenoxy) is 1. The maximum Gasteiger partial charge on any atom is 0.337 e. The Morgan fingerprint density at radius 3 is 2.75 bits per heavy atom. The average Bonchev–Trinajstić information content (AvgIpc) is 2.42. The number of benzene rings is 1. The Morgan fingerprint density at radius 2 is 2.15 bits per heavy atom. The van der Waals surface area contributed by atoms with E-state index in [-0.39, 0.29) is 21.3 Å². The Kier molecular flexibility index (Phi) is 4.82. The highest BCUT2D eigenvalue weighted by Crippen LogP contribution is 2.30. The Bertz CT molecular complexity index is 545. The van der Waals surface area contributed by atoms with E-state index in [0.717, 1.165) is 0 Å². The minimum atomic E-state index is -1.23. The molecule has 0 aliphatic carbocycles. The molecule has 2 rings (SSSR count). The molecule has 108 valence electrons. The van der Waals surface area contributed by atoms with Gasteiger partial charge in [0.1, 0.15) is 6.10 Å². The number of carboxylic acids is 1. The summed E-state index contributed by atoms with van der Waals surface area (Å²) in [7, 11) is 0. The molecule has 1 aromatic rings. The molecule has 1 atom stereocenters. The SMILES string of the molecule is O=C(O)c1cc(Cl)cc(Cl)c1NC(=O)C1CNCCO1. The van der Waals surface area contributed by atoms with Gasteiger partial charge in [0, 0.05) is 18.1 Å². The van der Waals surface area contributed by atoms with Crippen LogP contribution in [0, 0.1) is 0 Å². The number of rotatable bonds is 3. The number of anilines is 1. The molecule has 1 aliphatic heterocycles. The molecule has 0 bridgehead atoms. The second kappa shape index (κ2) is 6.41. The van der Waals surface area contributed by atoms with E-state index in [2.05, 4.69) is 10.6 Å². The second-order valence-electron chi connectivity index (χ2n) is 4.17. The zero-order valence-corrected chi connectivity index (χ0v) is 11.8. The lowest BCUT2D eigenvalue weighted by Crippen LogP contribution is -2.45.